The third-order valence-electron chi connectivity index (χ3n) is 6.10. The average molecular weight is 1560 g/mol. The van der Waals surface area contributed by atoms with Gasteiger partial charge in [0.2, 0.25) is 0 Å². The molecular formula is C37H39Br3Cl4I4K2O7. The molecule has 0 atom stereocenters. The van der Waals surface area contributed by atoms with E-state index in [0.29, 0.717) is 18.2 Å². The molecule has 0 fully saturated rings. The van der Waals surface area contributed by atoms with E-state index in [1.165, 1.54) is 6.42 Å². The molecule has 0 amide bonds. The zero-order chi connectivity index (χ0) is 41.9. The van der Waals surface area contributed by atoms with Gasteiger partial charge >= 0.3 is 103 Å². The van der Waals surface area contributed by atoms with Gasteiger partial charge in [-0.25, -0.2) is 0 Å². The molecule has 308 valence electrons. The summed E-state index contributed by atoms with van der Waals surface area (Å²) in [4.78, 5) is 11.2. The van der Waals surface area contributed by atoms with Crippen LogP contribution in [0.1, 0.15) is 37.4 Å². The number of carbonyl (C=O) groups excluding carboxylic acids is 1. The third-order valence-corrected chi connectivity index (χ3v) is 11.9. The molecule has 0 radical (unpaired) electrons. The van der Waals surface area contributed by atoms with Crippen molar-refractivity contribution in [3.05, 3.63) is 106 Å². The van der Waals surface area contributed by atoms with Crippen molar-refractivity contribution in [2.45, 2.75) is 40.0 Å². The van der Waals surface area contributed by atoms with E-state index in [1.807, 2.05) is 79.8 Å². The molecule has 0 aromatic heterocycles. The smallest absolute Gasteiger partial charge is 1.00 e. The maximum atomic E-state index is 8.98. The largest absolute Gasteiger partial charge is 1.00 e. The van der Waals surface area contributed by atoms with Crippen LogP contribution in [0.15, 0.2) is 54.6 Å². The molecule has 7 nitrogen and oxygen atoms in total. The van der Waals surface area contributed by atoms with Crippen LogP contribution in [0.4, 0.5) is 0 Å². The van der Waals surface area contributed by atoms with Crippen molar-refractivity contribution in [1.82, 2.24) is 0 Å². The van der Waals surface area contributed by atoms with Gasteiger partial charge in [-0.2, -0.15) is 0 Å². The van der Waals surface area contributed by atoms with Crippen molar-refractivity contribution >= 4 is 191 Å². The van der Waals surface area contributed by atoms with E-state index >= 15 is 0 Å². The summed E-state index contributed by atoms with van der Waals surface area (Å²) in [5.41, 5.74) is 3.19. The first-order chi connectivity index (χ1) is 26.1. The molecule has 4 rings (SSSR count). The summed E-state index contributed by atoms with van der Waals surface area (Å²) in [7, 11) is 0. The Labute approximate surface area is 523 Å². The molecule has 0 unspecified atom stereocenters. The number of phenolic OH excluding ortho intramolecular Hbond substituents is 1. The van der Waals surface area contributed by atoms with E-state index in [2.05, 4.69) is 120 Å². The van der Waals surface area contributed by atoms with Crippen molar-refractivity contribution in [2.75, 3.05) is 35.8 Å². The molecule has 0 saturated carbocycles. The second kappa shape index (κ2) is 40.6. The molecule has 57 heavy (non-hydrogen) atoms. The summed E-state index contributed by atoms with van der Waals surface area (Å²) < 4.78 is 21.3. The van der Waals surface area contributed by atoms with Crippen LogP contribution in [0, 0.1) is 35.1 Å². The predicted octanol–water partition coefficient (Wildman–Crippen LogP) is 8.46. The van der Waals surface area contributed by atoms with Crippen molar-refractivity contribution in [3.63, 3.8) is 0 Å². The first-order valence-electron chi connectivity index (χ1n) is 15.9. The van der Waals surface area contributed by atoms with Gasteiger partial charge in [0.15, 0.2) is 0 Å². The summed E-state index contributed by atoms with van der Waals surface area (Å²) >= 11 is 42.2. The van der Waals surface area contributed by atoms with E-state index in [9.17, 15) is 0 Å². The van der Waals surface area contributed by atoms with E-state index < -0.39 is 0 Å². The molecule has 4 aromatic rings. The quantitative estimate of drug-likeness (QED) is 0.0273. The SMILES string of the molecule is BrCCCBr.Cc1cc(Cl)cc(I)c1OCCCBr.Cc1cc(Cl)cc(I)c1OCCCOc1c(C)cc(Cl)cc1I.O=CO[O-].Oc1ccc(Cl)cc1I.[H-].[K+].[K+]. The molecule has 4 aromatic carbocycles. The predicted molar refractivity (Wildman–Crippen MR) is 273 cm³/mol. The summed E-state index contributed by atoms with van der Waals surface area (Å²) in [6.45, 7) is 7.77. The Balaban J connectivity index is -0.000000356. The number of carbonyl (C=O) groups is 1. The maximum Gasteiger partial charge on any atom is 1.00 e. The number of alkyl halides is 3. The number of aromatic hydroxyl groups is 1. The van der Waals surface area contributed by atoms with Crippen molar-refractivity contribution in [1.29, 1.82) is 0 Å². The van der Waals surface area contributed by atoms with Crippen LogP contribution >= 0.6 is 185 Å². The molecule has 0 aliphatic carbocycles. The van der Waals surface area contributed by atoms with Gasteiger partial charge in [-0.3, -0.25) is 4.79 Å². The Morgan fingerprint density at radius 1 is 0.596 bits per heavy atom. The van der Waals surface area contributed by atoms with Gasteiger partial charge in [0.05, 0.1) is 34.1 Å². The maximum absolute atomic E-state index is 8.98. The zero-order valence-corrected chi connectivity index (χ0v) is 54.3. The van der Waals surface area contributed by atoms with Gasteiger partial charge in [0.1, 0.15) is 23.0 Å². The molecule has 1 N–H and O–H groups in total. The van der Waals surface area contributed by atoms with E-state index in [1.54, 1.807) is 18.2 Å². The number of ether oxygens (including phenoxy) is 3. The van der Waals surface area contributed by atoms with E-state index in [-0.39, 0.29) is 116 Å². The Morgan fingerprint density at radius 3 is 1.16 bits per heavy atom. The monoisotopic (exact) mass is 1560 g/mol. The molecule has 0 bridgehead atoms. The standard InChI is InChI=1S/C17H16Cl2I2O2.C10H11BrClIO.C6H4ClIO.C3H6Br2.CH2O3.2K.H/c1-10-6-12(18)8-14(20)16(10)22-4-3-5-23-17-11(2)7-13(19)9-15(17)21;1-7-5-8(12)6-9(13)10(7)14-4-2-3-11;7-4-1-2-6(9)5(8)3-4;4-2-1-3-5;2-1-4-3;;;/h6-9H,3-5H2,1-2H3;5-6H,2-4H2,1H3;1-3,9H;1-3H2;1,3H;;;/q;;;;;2*+1;-1/p-1. The van der Waals surface area contributed by atoms with Crippen LogP contribution < -0.4 is 122 Å². The van der Waals surface area contributed by atoms with Gasteiger partial charge in [-0.1, -0.05) is 94.2 Å². The van der Waals surface area contributed by atoms with Gasteiger partial charge in [0, 0.05) is 42.5 Å². The molecule has 0 heterocycles. The molecule has 0 aliphatic heterocycles. The van der Waals surface area contributed by atoms with Crippen LogP contribution in [0.2, 0.25) is 20.1 Å². The Kier molecular flexibility index (Phi) is 46.7. The Morgan fingerprint density at radius 2 is 0.912 bits per heavy atom. The topological polar surface area (TPSA) is 97.3 Å². The Hall–Kier alpha value is 4.30. The summed E-state index contributed by atoms with van der Waals surface area (Å²) in [6.07, 6.45) is 3.04. The van der Waals surface area contributed by atoms with Crippen LogP contribution in [0.3, 0.4) is 0 Å². The second-order valence-electron chi connectivity index (χ2n) is 10.6. The van der Waals surface area contributed by atoms with E-state index in [4.69, 9.17) is 75.8 Å². The zero-order valence-electron chi connectivity index (χ0n) is 32.7. The van der Waals surface area contributed by atoms with Crippen molar-refractivity contribution in [2.24, 2.45) is 0 Å². The van der Waals surface area contributed by atoms with Crippen molar-refractivity contribution < 1.29 is 138 Å². The molecular weight excluding hydrogens is 1520 g/mol. The molecule has 0 spiro atoms. The fraction of sp³-hybridized carbons (Fsp3) is 0.324. The third kappa shape index (κ3) is 31.0. The van der Waals surface area contributed by atoms with Crippen LogP contribution in [0.25, 0.3) is 0 Å². The fourth-order valence-corrected chi connectivity index (χ4v) is 10.3. The van der Waals surface area contributed by atoms with Gasteiger partial charge in [0.25, 0.3) is 6.47 Å². The minimum absolute atomic E-state index is 0. The number of hydrogen-bond donors (Lipinski definition) is 1. The normalized spacial score (nSPS) is 9.46. The number of phenols is 1. The first-order valence-corrected chi connectivity index (χ1v) is 25.0. The molecule has 20 heteroatoms. The van der Waals surface area contributed by atoms with Crippen LogP contribution in [-0.4, -0.2) is 47.4 Å². The van der Waals surface area contributed by atoms with Gasteiger partial charge in [-0.15, -0.1) is 0 Å². The summed E-state index contributed by atoms with van der Waals surface area (Å²) in [5, 5.41) is 23.5. The van der Waals surface area contributed by atoms with Crippen molar-refractivity contribution in [3.8, 4) is 23.0 Å². The van der Waals surface area contributed by atoms with Gasteiger partial charge in [-0.05, 0) is 195 Å². The summed E-state index contributed by atoms with van der Waals surface area (Å²) in [5.74, 6) is 3.02. The molecule has 0 saturated heterocycles. The second-order valence-corrected chi connectivity index (χ2v) is 19.3. The fourth-order valence-electron chi connectivity index (χ4n) is 3.78. The minimum Gasteiger partial charge on any atom is -1.00 e. The summed E-state index contributed by atoms with van der Waals surface area (Å²) in [6, 6.07) is 16.4. The van der Waals surface area contributed by atoms with Crippen LogP contribution in [-0.2, 0) is 9.68 Å². The molecule has 0 aliphatic rings. The van der Waals surface area contributed by atoms with Gasteiger partial charge < -0.3 is 30.9 Å². The number of halogens is 11. The number of hydrogen-bond acceptors (Lipinski definition) is 7. The minimum atomic E-state index is -0.181. The van der Waals surface area contributed by atoms with Crippen LogP contribution in [0.5, 0.6) is 23.0 Å². The Bertz CT molecular complexity index is 1620. The number of aryl methyl sites for hydroxylation is 3. The number of benzene rings is 4. The average Bonchev–Trinajstić information content (AvgIpc) is 3.10. The van der Waals surface area contributed by atoms with E-state index in [0.717, 1.165) is 98.7 Å². The first kappa shape index (κ1) is 65.6. The number of rotatable bonds is 13.